The van der Waals surface area contributed by atoms with E-state index in [-0.39, 0.29) is 0 Å². The van der Waals surface area contributed by atoms with Crippen LogP contribution in [0.2, 0.25) is 0 Å². The molecular formula is C11H14BrNO. The fraction of sp³-hybridized carbons (Fsp3) is 0.455. The third kappa shape index (κ3) is 2.28. The lowest BCUT2D eigenvalue weighted by Crippen LogP contribution is -2.10. The molecular weight excluding hydrogens is 242 g/mol. The van der Waals surface area contributed by atoms with E-state index in [9.17, 15) is 5.11 Å². The number of hydrogen-bond acceptors (Lipinski definition) is 2. The lowest BCUT2D eigenvalue weighted by atomic mass is 9.98. The highest BCUT2D eigenvalue weighted by Crippen LogP contribution is 2.26. The van der Waals surface area contributed by atoms with Gasteiger partial charge in [-0.05, 0) is 55.6 Å². The van der Waals surface area contributed by atoms with Gasteiger partial charge in [0.15, 0.2) is 0 Å². The Morgan fingerprint density at radius 1 is 1.50 bits per heavy atom. The van der Waals surface area contributed by atoms with Crippen molar-refractivity contribution in [2.75, 3.05) is 13.1 Å². The molecule has 1 aromatic rings. The molecule has 1 atom stereocenters. The number of rotatable bonds is 2. The van der Waals surface area contributed by atoms with Crippen LogP contribution in [-0.4, -0.2) is 18.2 Å². The van der Waals surface area contributed by atoms with E-state index in [1.54, 1.807) is 6.07 Å². The summed E-state index contributed by atoms with van der Waals surface area (Å²) in [5, 5.41) is 13.0. The molecule has 1 saturated heterocycles. The molecule has 1 unspecified atom stereocenters. The monoisotopic (exact) mass is 255 g/mol. The first kappa shape index (κ1) is 9.99. The summed E-state index contributed by atoms with van der Waals surface area (Å²) >= 11 is 3.42. The molecule has 0 bridgehead atoms. The topological polar surface area (TPSA) is 32.3 Å². The predicted molar refractivity (Wildman–Crippen MR) is 60.5 cm³/mol. The molecule has 2 nitrogen and oxygen atoms in total. The number of phenolic OH excluding ortho intramolecular Hbond substituents is 1. The second-order valence-electron chi connectivity index (χ2n) is 3.84. The Morgan fingerprint density at radius 2 is 2.36 bits per heavy atom. The molecule has 0 radical (unpaired) electrons. The van der Waals surface area contributed by atoms with Gasteiger partial charge < -0.3 is 10.4 Å². The van der Waals surface area contributed by atoms with Crippen LogP contribution in [0.15, 0.2) is 22.7 Å². The van der Waals surface area contributed by atoms with E-state index in [1.807, 2.05) is 12.1 Å². The maximum absolute atomic E-state index is 9.65. The molecule has 1 aromatic carbocycles. The Kier molecular flexibility index (Phi) is 3.08. The first-order chi connectivity index (χ1) is 6.75. The highest BCUT2D eigenvalue weighted by molar-refractivity contribution is 9.10. The molecule has 0 saturated carbocycles. The molecule has 1 aliphatic rings. The van der Waals surface area contributed by atoms with Crippen LogP contribution in [0, 0.1) is 5.92 Å². The summed E-state index contributed by atoms with van der Waals surface area (Å²) in [6, 6.07) is 5.63. The molecule has 1 fully saturated rings. The third-order valence-corrected chi connectivity index (χ3v) is 3.21. The number of phenols is 1. The summed E-state index contributed by atoms with van der Waals surface area (Å²) in [5.74, 6) is 1.09. The molecule has 0 amide bonds. The normalized spacial score (nSPS) is 21.4. The summed E-state index contributed by atoms with van der Waals surface area (Å²) in [6.45, 7) is 2.19. The maximum Gasteiger partial charge on any atom is 0.118 e. The van der Waals surface area contributed by atoms with Gasteiger partial charge in [-0.25, -0.2) is 0 Å². The zero-order chi connectivity index (χ0) is 9.97. The summed E-state index contributed by atoms with van der Waals surface area (Å²) in [7, 11) is 0. The van der Waals surface area contributed by atoms with Crippen molar-refractivity contribution in [3.8, 4) is 5.75 Å². The van der Waals surface area contributed by atoms with Crippen LogP contribution in [0.4, 0.5) is 0 Å². The van der Waals surface area contributed by atoms with Crippen molar-refractivity contribution in [1.82, 2.24) is 5.32 Å². The number of halogens is 1. The smallest absolute Gasteiger partial charge is 0.118 e. The van der Waals surface area contributed by atoms with Crippen molar-refractivity contribution in [2.45, 2.75) is 12.8 Å². The third-order valence-electron chi connectivity index (χ3n) is 2.71. The van der Waals surface area contributed by atoms with Gasteiger partial charge in [0.05, 0.1) is 0 Å². The van der Waals surface area contributed by atoms with E-state index in [1.165, 1.54) is 6.42 Å². The Hall–Kier alpha value is -0.540. The zero-order valence-electron chi connectivity index (χ0n) is 7.96. The molecule has 2 rings (SSSR count). The van der Waals surface area contributed by atoms with Gasteiger partial charge in [-0.3, -0.25) is 0 Å². The van der Waals surface area contributed by atoms with Crippen molar-refractivity contribution in [1.29, 1.82) is 0 Å². The largest absolute Gasteiger partial charge is 0.508 e. The molecule has 1 heterocycles. The van der Waals surface area contributed by atoms with Crippen molar-refractivity contribution >= 4 is 15.9 Å². The van der Waals surface area contributed by atoms with Crippen molar-refractivity contribution in [3.05, 3.63) is 28.2 Å². The molecule has 0 aliphatic carbocycles. The van der Waals surface area contributed by atoms with Gasteiger partial charge in [-0.1, -0.05) is 15.9 Å². The average molecular weight is 256 g/mol. The molecule has 2 N–H and O–H groups in total. The number of hydrogen-bond donors (Lipinski definition) is 2. The minimum absolute atomic E-state index is 0.417. The zero-order valence-corrected chi connectivity index (χ0v) is 9.55. The average Bonchev–Trinajstić information content (AvgIpc) is 2.64. The van der Waals surface area contributed by atoms with E-state index >= 15 is 0 Å². The predicted octanol–water partition coefficient (Wildman–Crippen LogP) is 2.31. The van der Waals surface area contributed by atoms with Crippen LogP contribution in [0.3, 0.4) is 0 Å². The highest BCUT2D eigenvalue weighted by atomic mass is 79.9. The van der Waals surface area contributed by atoms with Crippen LogP contribution >= 0.6 is 15.9 Å². The van der Waals surface area contributed by atoms with Crippen LogP contribution in [-0.2, 0) is 6.42 Å². The fourth-order valence-electron chi connectivity index (χ4n) is 1.92. The van der Waals surface area contributed by atoms with E-state index in [0.29, 0.717) is 11.7 Å². The van der Waals surface area contributed by atoms with Gasteiger partial charge in [0.2, 0.25) is 0 Å². The molecule has 0 spiro atoms. The van der Waals surface area contributed by atoms with Crippen molar-refractivity contribution in [2.24, 2.45) is 5.92 Å². The van der Waals surface area contributed by atoms with Gasteiger partial charge in [0.1, 0.15) is 5.75 Å². The Morgan fingerprint density at radius 3 is 3.07 bits per heavy atom. The second-order valence-corrected chi connectivity index (χ2v) is 4.75. The minimum Gasteiger partial charge on any atom is -0.508 e. The van der Waals surface area contributed by atoms with E-state index < -0.39 is 0 Å². The van der Waals surface area contributed by atoms with Gasteiger partial charge in [-0.2, -0.15) is 0 Å². The highest BCUT2D eigenvalue weighted by Gasteiger charge is 2.16. The molecule has 76 valence electrons. The van der Waals surface area contributed by atoms with Crippen LogP contribution in [0.5, 0.6) is 5.75 Å². The molecule has 0 aromatic heterocycles. The van der Waals surface area contributed by atoms with E-state index in [4.69, 9.17) is 0 Å². The lowest BCUT2D eigenvalue weighted by Gasteiger charge is -2.10. The van der Waals surface area contributed by atoms with Crippen LogP contribution in [0.25, 0.3) is 0 Å². The Labute approximate surface area is 92.5 Å². The fourth-order valence-corrected chi connectivity index (χ4v) is 2.33. The summed E-state index contributed by atoms with van der Waals surface area (Å²) in [5.41, 5.74) is 1.05. The standard InChI is InChI=1S/C11H14BrNO/c12-10-1-2-11(14)9(6-10)5-8-3-4-13-7-8/h1-2,6,8,13-14H,3-5,7H2. The Bertz CT molecular complexity index is 321. The summed E-state index contributed by atoms with van der Waals surface area (Å²) in [6.07, 6.45) is 2.18. The SMILES string of the molecule is Oc1ccc(Br)cc1CC1CCNC1. The first-order valence-corrected chi connectivity index (χ1v) is 5.73. The summed E-state index contributed by atoms with van der Waals surface area (Å²) in [4.78, 5) is 0. The van der Waals surface area contributed by atoms with Crippen LogP contribution < -0.4 is 5.32 Å². The quantitative estimate of drug-likeness (QED) is 0.851. The Balaban J connectivity index is 2.10. The molecule has 14 heavy (non-hydrogen) atoms. The number of nitrogens with one attached hydrogen (secondary N) is 1. The van der Waals surface area contributed by atoms with Crippen LogP contribution in [0.1, 0.15) is 12.0 Å². The minimum atomic E-state index is 0.417. The van der Waals surface area contributed by atoms with E-state index in [2.05, 4.69) is 21.2 Å². The van der Waals surface area contributed by atoms with Gasteiger partial charge >= 0.3 is 0 Å². The number of aromatic hydroxyl groups is 1. The second kappa shape index (κ2) is 4.32. The van der Waals surface area contributed by atoms with E-state index in [0.717, 1.165) is 29.5 Å². The lowest BCUT2D eigenvalue weighted by molar-refractivity contribution is 0.459. The van der Waals surface area contributed by atoms with Gasteiger partial charge in [0, 0.05) is 4.47 Å². The summed E-state index contributed by atoms with van der Waals surface area (Å²) < 4.78 is 1.04. The van der Waals surface area contributed by atoms with Crippen molar-refractivity contribution < 1.29 is 5.11 Å². The molecule has 3 heteroatoms. The van der Waals surface area contributed by atoms with Gasteiger partial charge in [0.25, 0.3) is 0 Å². The maximum atomic E-state index is 9.65. The van der Waals surface area contributed by atoms with Gasteiger partial charge in [-0.15, -0.1) is 0 Å². The molecule has 1 aliphatic heterocycles. The first-order valence-electron chi connectivity index (χ1n) is 4.94. The number of benzene rings is 1. The van der Waals surface area contributed by atoms with Crippen molar-refractivity contribution in [3.63, 3.8) is 0 Å².